The first-order valence-corrected chi connectivity index (χ1v) is 7.37. The molecule has 2 aromatic heterocycles. The number of benzene rings is 1. The minimum absolute atomic E-state index is 0.100. The van der Waals surface area contributed by atoms with E-state index < -0.39 is 6.04 Å². The van der Waals surface area contributed by atoms with Crippen molar-refractivity contribution in [1.29, 1.82) is 0 Å². The van der Waals surface area contributed by atoms with E-state index in [1.807, 2.05) is 36.4 Å². The fourth-order valence-corrected chi connectivity index (χ4v) is 2.24. The zero-order chi connectivity index (χ0) is 16.1. The Morgan fingerprint density at radius 2 is 2.04 bits per heavy atom. The molecule has 0 aliphatic heterocycles. The van der Waals surface area contributed by atoms with Gasteiger partial charge in [-0.05, 0) is 30.7 Å². The average molecular weight is 307 g/mol. The van der Waals surface area contributed by atoms with Crippen molar-refractivity contribution >= 4 is 22.6 Å². The van der Waals surface area contributed by atoms with Crippen LogP contribution < -0.4 is 10.6 Å². The molecule has 0 radical (unpaired) electrons. The Bertz CT molecular complexity index is 801. The molecule has 0 aliphatic rings. The van der Waals surface area contributed by atoms with Crippen molar-refractivity contribution in [1.82, 2.24) is 20.3 Å². The lowest BCUT2D eigenvalue weighted by Crippen LogP contribution is -2.37. The first-order chi connectivity index (χ1) is 11.2. The minimum atomic E-state index is -0.412. The summed E-state index contributed by atoms with van der Waals surface area (Å²) in [6.45, 7) is 2.25. The second-order valence-corrected chi connectivity index (χ2v) is 5.18. The summed E-state index contributed by atoms with van der Waals surface area (Å²) in [4.78, 5) is 24.7. The summed E-state index contributed by atoms with van der Waals surface area (Å²) >= 11 is 0. The van der Waals surface area contributed by atoms with Crippen molar-refractivity contribution in [2.45, 2.75) is 19.5 Å². The van der Waals surface area contributed by atoms with E-state index in [0.29, 0.717) is 12.4 Å². The molecule has 2 heterocycles. The molecule has 0 saturated carbocycles. The number of hydrogen-bond donors (Lipinski definition) is 2. The number of para-hydroxylation sites is 1. The number of nitrogens with one attached hydrogen (secondary N) is 2. The van der Waals surface area contributed by atoms with Crippen LogP contribution in [0.25, 0.3) is 10.9 Å². The van der Waals surface area contributed by atoms with Crippen molar-refractivity contribution in [2.75, 3.05) is 5.32 Å². The van der Waals surface area contributed by atoms with Crippen LogP contribution in [0.3, 0.4) is 0 Å². The quantitative estimate of drug-likeness (QED) is 0.755. The average Bonchev–Trinajstić information content (AvgIpc) is 2.61. The number of fused-ring (bicyclic) bond motifs is 1. The highest BCUT2D eigenvalue weighted by Crippen LogP contribution is 2.18. The summed E-state index contributed by atoms with van der Waals surface area (Å²) in [6.07, 6.45) is 4.93. The van der Waals surface area contributed by atoms with Gasteiger partial charge in [-0.1, -0.05) is 18.2 Å². The van der Waals surface area contributed by atoms with Gasteiger partial charge in [0.15, 0.2) is 0 Å². The van der Waals surface area contributed by atoms with E-state index in [2.05, 4.69) is 25.6 Å². The third-order valence-electron chi connectivity index (χ3n) is 3.48. The maximum Gasteiger partial charge on any atom is 0.242 e. The number of aromatic nitrogens is 3. The lowest BCUT2D eigenvalue weighted by atomic mass is 10.2. The van der Waals surface area contributed by atoms with Gasteiger partial charge < -0.3 is 10.6 Å². The second kappa shape index (κ2) is 6.83. The number of carbonyl (C=O) groups is 1. The molecule has 2 N–H and O–H groups in total. The molecule has 0 fully saturated rings. The molecule has 1 atom stereocenters. The van der Waals surface area contributed by atoms with E-state index >= 15 is 0 Å². The van der Waals surface area contributed by atoms with E-state index in [4.69, 9.17) is 0 Å². The van der Waals surface area contributed by atoms with E-state index in [1.54, 1.807) is 19.3 Å². The third-order valence-corrected chi connectivity index (χ3v) is 3.48. The lowest BCUT2D eigenvalue weighted by Gasteiger charge is -2.15. The Kier molecular flexibility index (Phi) is 4.42. The Morgan fingerprint density at radius 1 is 1.17 bits per heavy atom. The molecule has 3 rings (SSSR count). The molecular weight excluding hydrogens is 290 g/mol. The summed E-state index contributed by atoms with van der Waals surface area (Å²) in [5, 5.41) is 6.91. The number of nitrogens with zero attached hydrogens (tertiary/aromatic N) is 3. The zero-order valence-electron chi connectivity index (χ0n) is 12.7. The Hall–Kier alpha value is -3.02. The van der Waals surface area contributed by atoms with Gasteiger partial charge in [-0.15, -0.1) is 0 Å². The molecule has 6 heteroatoms. The largest absolute Gasteiger partial charge is 0.358 e. The van der Waals surface area contributed by atoms with Gasteiger partial charge >= 0.3 is 0 Å². The molecule has 0 aliphatic carbocycles. The number of pyridine rings is 1. The SMILES string of the molecule is CC(Nc1ncnc2ccccc12)C(=O)NCc1cccnc1. The highest BCUT2D eigenvalue weighted by Gasteiger charge is 2.14. The zero-order valence-corrected chi connectivity index (χ0v) is 12.7. The highest BCUT2D eigenvalue weighted by molar-refractivity contribution is 5.91. The van der Waals surface area contributed by atoms with Crippen molar-refractivity contribution in [3.05, 3.63) is 60.7 Å². The van der Waals surface area contributed by atoms with Crippen LogP contribution in [0.1, 0.15) is 12.5 Å². The summed E-state index contributed by atoms with van der Waals surface area (Å²) in [5.41, 5.74) is 1.80. The number of hydrogen-bond acceptors (Lipinski definition) is 5. The van der Waals surface area contributed by atoms with Gasteiger partial charge in [0.2, 0.25) is 5.91 Å². The number of amides is 1. The van der Waals surface area contributed by atoms with Gasteiger partial charge in [0.1, 0.15) is 18.2 Å². The van der Waals surface area contributed by atoms with Crippen molar-refractivity contribution < 1.29 is 4.79 Å². The molecule has 116 valence electrons. The van der Waals surface area contributed by atoms with E-state index in [0.717, 1.165) is 16.5 Å². The Balaban J connectivity index is 1.66. The molecule has 23 heavy (non-hydrogen) atoms. The predicted octanol–water partition coefficient (Wildman–Crippen LogP) is 2.14. The molecule has 3 aromatic rings. The van der Waals surface area contributed by atoms with Crippen LogP contribution in [0, 0.1) is 0 Å². The monoisotopic (exact) mass is 307 g/mol. The normalized spacial score (nSPS) is 11.9. The van der Waals surface area contributed by atoms with Crippen LogP contribution in [0.15, 0.2) is 55.1 Å². The molecule has 1 amide bonds. The van der Waals surface area contributed by atoms with Crippen molar-refractivity contribution in [2.24, 2.45) is 0 Å². The van der Waals surface area contributed by atoms with E-state index in [-0.39, 0.29) is 5.91 Å². The molecule has 6 nitrogen and oxygen atoms in total. The van der Waals surface area contributed by atoms with Crippen LogP contribution >= 0.6 is 0 Å². The Labute approximate surface area is 134 Å². The Morgan fingerprint density at radius 3 is 2.87 bits per heavy atom. The summed E-state index contributed by atoms with van der Waals surface area (Å²) < 4.78 is 0. The van der Waals surface area contributed by atoms with Gasteiger partial charge in [-0.2, -0.15) is 0 Å². The van der Waals surface area contributed by atoms with Gasteiger partial charge in [-0.3, -0.25) is 9.78 Å². The maximum absolute atomic E-state index is 12.2. The van der Waals surface area contributed by atoms with Crippen LogP contribution in [0.5, 0.6) is 0 Å². The fraction of sp³-hybridized carbons (Fsp3) is 0.176. The van der Waals surface area contributed by atoms with Crippen molar-refractivity contribution in [3.8, 4) is 0 Å². The molecule has 0 saturated heterocycles. The fourth-order valence-electron chi connectivity index (χ4n) is 2.24. The number of anilines is 1. The van der Waals surface area contributed by atoms with Crippen molar-refractivity contribution in [3.63, 3.8) is 0 Å². The molecule has 1 unspecified atom stereocenters. The van der Waals surface area contributed by atoms with Gasteiger partial charge in [0.25, 0.3) is 0 Å². The van der Waals surface area contributed by atoms with Crippen LogP contribution in [0.4, 0.5) is 5.82 Å². The molecular formula is C17H17N5O. The van der Waals surface area contributed by atoms with Crippen LogP contribution in [0.2, 0.25) is 0 Å². The minimum Gasteiger partial charge on any atom is -0.358 e. The topological polar surface area (TPSA) is 79.8 Å². The van der Waals surface area contributed by atoms with Gasteiger partial charge in [-0.25, -0.2) is 9.97 Å². The number of rotatable bonds is 5. The summed E-state index contributed by atoms with van der Waals surface area (Å²) in [7, 11) is 0. The second-order valence-electron chi connectivity index (χ2n) is 5.18. The standard InChI is InChI=1S/C17H17N5O/c1-12(17(23)19-10-13-5-4-8-18-9-13)22-16-14-6-2-3-7-15(14)20-11-21-16/h2-9,11-12H,10H2,1H3,(H,19,23)(H,20,21,22). The third kappa shape index (κ3) is 3.60. The molecule has 1 aromatic carbocycles. The molecule has 0 bridgehead atoms. The van der Waals surface area contributed by atoms with Gasteiger partial charge in [0, 0.05) is 24.3 Å². The predicted molar refractivity (Wildman–Crippen MR) is 88.7 cm³/mol. The van der Waals surface area contributed by atoms with Crippen LogP contribution in [-0.4, -0.2) is 26.9 Å². The van der Waals surface area contributed by atoms with E-state index in [1.165, 1.54) is 6.33 Å². The number of carbonyl (C=O) groups excluding carboxylic acids is 1. The summed E-state index contributed by atoms with van der Waals surface area (Å²) in [5.74, 6) is 0.552. The first-order valence-electron chi connectivity index (χ1n) is 7.37. The molecule has 0 spiro atoms. The first kappa shape index (κ1) is 14.9. The van der Waals surface area contributed by atoms with Gasteiger partial charge in [0.05, 0.1) is 5.52 Å². The summed E-state index contributed by atoms with van der Waals surface area (Å²) in [6, 6.07) is 11.0. The maximum atomic E-state index is 12.2. The lowest BCUT2D eigenvalue weighted by molar-refractivity contribution is -0.121. The highest BCUT2D eigenvalue weighted by atomic mass is 16.2. The van der Waals surface area contributed by atoms with E-state index in [9.17, 15) is 4.79 Å². The smallest absolute Gasteiger partial charge is 0.242 e. The van der Waals surface area contributed by atoms with Crippen LogP contribution in [-0.2, 0) is 11.3 Å².